The maximum Gasteiger partial charge on any atom is 0.286 e. The molecule has 2 heterocycles. The Hall–Kier alpha value is -1.96. The van der Waals surface area contributed by atoms with E-state index in [0.29, 0.717) is 12.3 Å². The van der Waals surface area contributed by atoms with Crippen molar-refractivity contribution in [1.82, 2.24) is 10.2 Å². The summed E-state index contributed by atoms with van der Waals surface area (Å²) in [6.45, 7) is 7.01. The van der Waals surface area contributed by atoms with E-state index < -0.39 is 10.8 Å². The first-order chi connectivity index (χ1) is 13.1. The van der Waals surface area contributed by atoms with E-state index in [1.54, 1.807) is 12.1 Å². The molecule has 2 aromatic rings. The van der Waals surface area contributed by atoms with Crippen LogP contribution in [0, 0.1) is 6.92 Å². The molecule has 0 bridgehead atoms. The number of carbonyl (C=O) groups is 1. The molecule has 1 aromatic heterocycles. The molecule has 1 aliphatic rings. The van der Waals surface area contributed by atoms with Gasteiger partial charge in [0.2, 0.25) is 0 Å². The van der Waals surface area contributed by atoms with Gasteiger partial charge in [-0.3, -0.25) is 13.9 Å². The fourth-order valence-electron chi connectivity index (χ4n) is 2.90. The average Bonchev–Trinajstić information content (AvgIpc) is 3.15. The fourth-order valence-corrected chi connectivity index (χ4v) is 3.92. The van der Waals surface area contributed by atoms with Gasteiger partial charge in [-0.25, -0.2) is 0 Å². The van der Waals surface area contributed by atoms with Crippen LogP contribution in [-0.4, -0.2) is 54.4 Å². The molecule has 0 aliphatic carbocycles. The van der Waals surface area contributed by atoms with Gasteiger partial charge in [0.05, 0.1) is 29.8 Å². The zero-order valence-corrected chi connectivity index (χ0v) is 16.4. The molecule has 1 fully saturated rings. The summed E-state index contributed by atoms with van der Waals surface area (Å²) in [6.07, 6.45) is 0.886. The van der Waals surface area contributed by atoms with Gasteiger partial charge in [0, 0.05) is 24.5 Å². The van der Waals surface area contributed by atoms with E-state index in [2.05, 4.69) is 10.2 Å². The number of furan rings is 1. The topological polar surface area (TPSA) is 71.8 Å². The Balaban J connectivity index is 1.43. The molecule has 3 rings (SSSR count). The molecular weight excluding hydrogens is 364 g/mol. The third kappa shape index (κ3) is 6.02. The van der Waals surface area contributed by atoms with Crippen LogP contribution in [-0.2, 0) is 21.3 Å². The van der Waals surface area contributed by atoms with Gasteiger partial charge in [0.1, 0.15) is 5.76 Å². The average molecular weight is 391 g/mol. The van der Waals surface area contributed by atoms with E-state index in [1.165, 1.54) is 0 Å². The van der Waals surface area contributed by atoms with Gasteiger partial charge in [0.25, 0.3) is 5.91 Å². The van der Waals surface area contributed by atoms with Gasteiger partial charge in [-0.05, 0) is 44.2 Å². The highest BCUT2D eigenvalue weighted by atomic mass is 32.2. The number of hydrogen-bond donors (Lipinski definition) is 1. The number of aryl methyl sites for hydroxylation is 1. The van der Waals surface area contributed by atoms with Crippen LogP contribution >= 0.6 is 0 Å². The molecule has 0 spiro atoms. The van der Waals surface area contributed by atoms with E-state index in [-0.39, 0.29) is 17.4 Å². The first kappa shape index (κ1) is 19.8. The normalized spacial score (nSPS) is 16.2. The molecule has 146 valence electrons. The molecule has 27 heavy (non-hydrogen) atoms. The summed E-state index contributed by atoms with van der Waals surface area (Å²) in [6, 6.07) is 10.9. The zero-order valence-electron chi connectivity index (χ0n) is 15.6. The molecule has 0 radical (unpaired) electrons. The number of amides is 1. The van der Waals surface area contributed by atoms with Crippen LogP contribution in [0.3, 0.4) is 0 Å². The molecule has 1 aromatic carbocycles. The van der Waals surface area contributed by atoms with Crippen molar-refractivity contribution in [2.24, 2.45) is 0 Å². The van der Waals surface area contributed by atoms with Gasteiger partial charge in [-0.2, -0.15) is 0 Å². The lowest BCUT2D eigenvalue weighted by Crippen LogP contribution is -2.38. The van der Waals surface area contributed by atoms with Crippen LogP contribution in [0.4, 0.5) is 0 Å². The van der Waals surface area contributed by atoms with Crippen LogP contribution in [0.1, 0.15) is 28.3 Å². The van der Waals surface area contributed by atoms with Gasteiger partial charge >= 0.3 is 0 Å². The van der Waals surface area contributed by atoms with Crippen molar-refractivity contribution in [3.63, 3.8) is 0 Å². The van der Waals surface area contributed by atoms with Gasteiger partial charge < -0.3 is 14.5 Å². The van der Waals surface area contributed by atoms with Crippen LogP contribution in [0.2, 0.25) is 0 Å². The third-order valence-corrected chi connectivity index (χ3v) is 5.83. The SMILES string of the molecule is Cc1ccc([S@@](=O)Cc2ccc(C(=O)NCCCN3CCOCC3)o2)cc1. The number of ether oxygens (including phenoxy) is 1. The molecule has 1 atom stereocenters. The number of nitrogens with zero attached hydrogens (tertiary/aromatic N) is 1. The van der Waals surface area contributed by atoms with Crippen molar-refractivity contribution in [2.45, 2.75) is 24.0 Å². The van der Waals surface area contributed by atoms with Crippen LogP contribution in [0.15, 0.2) is 45.7 Å². The Labute approximate surface area is 162 Å². The highest BCUT2D eigenvalue weighted by Crippen LogP contribution is 2.15. The predicted octanol–water partition coefficient (Wildman–Crippen LogP) is 2.35. The monoisotopic (exact) mass is 390 g/mol. The zero-order chi connectivity index (χ0) is 19.1. The Bertz CT molecular complexity index is 767. The van der Waals surface area contributed by atoms with Gasteiger partial charge in [-0.15, -0.1) is 0 Å². The predicted molar refractivity (Wildman–Crippen MR) is 104 cm³/mol. The van der Waals surface area contributed by atoms with Crippen LogP contribution in [0.5, 0.6) is 0 Å². The van der Waals surface area contributed by atoms with E-state index in [9.17, 15) is 9.00 Å². The highest BCUT2D eigenvalue weighted by Gasteiger charge is 2.14. The third-order valence-electron chi connectivity index (χ3n) is 4.48. The minimum absolute atomic E-state index is 0.232. The maximum atomic E-state index is 12.4. The van der Waals surface area contributed by atoms with Crippen molar-refractivity contribution in [3.05, 3.63) is 53.5 Å². The lowest BCUT2D eigenvalue weighted by molar-refractivity contribution is 0.0374. The number of nitrogens with one attached hydrogen (secondary N) is 1. The van der Waals surface area contributed by atoms with Gasteiger partial charge in [0.15, 0.2) is 5.76 Å². The van der Waals surface area contributed by atoms with E-state index in [1.807, 2.05) is 31.2 Å². The molecule has 1 N–H and O–H groups in total. The lowest BCUT2D eigenvalue weighted by Gasteiger charge is -2.26. The van der Waals surface area contributed by atoms with Crippen LogP contribution < -0.4 is 5.32 Å². The smallest absolute Gasteiger partial charge is 0.286 e. The molecule has 1 saturated heterocycles. The summed E-state index contributed by atoms with van der Waals surface area (Å²) in [5, 5.41) is 2.88. The number of hydrogen-bond acceptors (Lipinski definition) is 5. The minimum atomic E-state index is -1.19. The minimum Gasteiger partial charge on any atom is -0.455 e. The molecule has 6 nitrogen and oxygen atoms in total. The lowest BCUT2D eigenvalue weighted by atomic mass is 10.2. The summed E-state index contributed by atoms with van der Waals surface area (Å²) >= 11 is 0. The second kappa shape index (κ2) is 9.82. The fraction of sp³-hybridized carbons (Fsp3) is 0.450. The van der Waals surface area contributed by atoms with Crippen molar-refractivity contribution >= 4 is 16.7 Å². The van der Waals surface area contributed by atoms with Crippen molar-refractivity contribution < 1.29 is 18.2 Å². The first-order valence-electron chi connectivity index (χ1n) is 9.24. The maximum absolute atomic E-state index is 12.4. The second-order valence-electron chi connectivity index (χ2n) is 6.63. The Morgan fingerprint density at radius 1 is 1.15 bits per heavy atom. The van der Waals surface area contributed by atoms with E-state index in [4.69, 9.17) is 9.15 Å². The van der Waals surface area contributed by atoms with E-state index >= 15 is 0 Å². The molecule has 7 heteroatoms. The molecule has 0 saturated carbocycles. The standard InChI is InChI=1S/C20H26N2O4S/c1-16-3-6-18(7-4-16)27(24)15-17-5-8-19(26-17)20(23)21-9-2-10-22-11-13-25-14-12-22/h3-8H,2,9-15H2,1H3,(H,21,23)/t27-/m0/s1. The highest BCUT2D eigenvalue weighted by molar-refractivity contribution is 7.84. The van der Waals surface area contributed by atoms with Crippen molar-refractivity contribution in [3.8, 4) is 0 Å². The largest absolute Gasteiger partial charge is 0.455 e. The summed E-state index contributed by atoms with van der Waals surface area (Å²) < 4.78 is 23.3. The number of rotatable bonds is 8. The molecule has 1 aliphatic heterocycles. The summed E-state index contributed by atoms with van der Waals surface area (Å²) in [4.78, 5) is 15.3. The Morgan fingerprint density at radius 2 is 1.89 bits per heavy atom. The number of morpholine rings is 1. The van der Waals surface area contributed by atoms with E-state index in [0.717, 1.165) is 49.7 Å². The quantitative estimate of drug-likeness (QED) is 0.701. The van der Waals surface area contributed by atoms with Crippen LogP contribution in [0.25, 0.3) is 0 Å². The number of carbonyl (C=O) groups excluding carboxylic acids is 1. The summed E-state index contributed by atoms with van der Waals surface area (Å²) in [5.74, 6) is 0.835. The number of benzene rings is 1. The Kier molecular flexibility index (Phi) is 7.20. The molecule has 1 amide bonds. The van der Waals surface area contributed by atoms with Gasteiger partial charge in [-0.1, -0.05) is 17.7 Å². The Morgan fingerprint density at radius 3 is 2.63 bits per heavy atom. The first-order valence-corrected chi connectivity index (χ1v) is 10.6. The summed E-state index contributed by atoms with van der Waals surface area (Å²) in [5.41, 5.74) is 1.13. The molecular formula is C20H26N2O4S. The van der Waals surface area contributed by atoms with Crippen molar-refractivity contribution in [1.29, 1.82) is 0 Å². The second-order valence-corrected chi connectivity index (χ2v) is 8.08. The summed E-state index contributed by atoms with van der Waals surface area (Å²) in [7, 11) is -1.19. The molecule has 0 unspecified atom stereocenters. The van der Waals surface area contributed by atoms with Crippen molar-refractivity contribution in [2.75, 3.05) is 39.4 Å².